The summed E-state index contributed by atoms with van der Waals surface area (Å²) in [4.78, 5) is 39.5. The molecule has 1 aliphatic rings. The highest BCUT2D eigenvalue weighted by Gasteiger charge is 2.29. The lowest BCUT2D eigenvalue weighted by atomic mass is 9.85. The van der Waals surface area contributed by atoms with E-state index in [1.165, 1.54) is 6.07 Å². The molecule has 0 spiro atoms. The molecule has 1 aromatic heterocycles. The zero-order valence-corrected chi connectivity index (χ0v) is 17.5. The molecule has 0 radical (unpaired) electrons. The predicted molar refractivity (Wildman–Crippen MR) is 117 cm³/mol. The summed E-state index contributed by atoms with van der Waals surface area (Å²) in [5.41, 5.74) is 2.39. The number of aryl methyl sites for hydroxylation is 1. The Morgan fingerprint density at radius 1 is 1.16 bits per heavy atom. The van der Waals surface area contributed by atoms with E-state index in [1.807, 2.05) is 25.1 Å². The number of aromatic nitrogens is 2. The summed E-state index contributed by atoms with van der Waals surface area (Å²) in [6, 6.07) is 10.4. The van der Waals surface area contributed by atoms with Crippen molar-refractivity contribution in [3.8, 4) is 5.75 Å². The van der Waals surface area contributed by atoms with Gasteiger partial charge in [0.1, 0.15) is 5.75 Å². The van der Waals surface area contributed by atoms with Crippen LogP contribution in [-0.2, 0) is 4.79 Å². The molecular formula is C23H25N3O5. The lowest BCUT2D eigenvalue weighted by Gasteiger charge is -2.28. The number of carboxylic acid groups (broad SMARTS) is 1. The van der Waals surface area contributed by atoms with Gasteiger partial charge in [-0.05, 0) is 56.4 Å². The largest absolute Gasteiger partial charge is 0.496 e. The Bertz CT molecular complexity index is 1200. The molecule has 1 amide bonds. The Morgan fingerprint density at radius 2 is 1.90 bits per heavy atom. The first-order valence-corrected chi connectivity index (χ1v) is 10.3. The van der Waals surface area contributed by atoms with Gasteiger partial charge in [-0.1, -0.05) is 12.1 Å². The number of carbonyl (C=O) groups excluding carboxylic acids is 1. The first-order valence-electron chi connectivity index (χ1n) is 10.3. The molecule has 0 saturated heterocycles. The van der Waals surface area contributed by atoms with Gasteiger partial charge in [0.05, 0.1) is 23.7 Å². The summed E-state index contributed by atoms with van der Waals surface area (Å²) < 4.78 is 6.95. The number of aromatic carboxylic acids is 1. The van der Waals surface area contributed by atoms with Crippen LogP contribution in [0.15, 0.2) is 41.2 Å². The van der Waals surface area contributed by atoms with Crippen molar-refractivity contribution in [2.45, 2.75) is 38.6 Å². The normalized spacial score (nSPS) is 18.6. The van der Waals surface area contributed by atoms with E-state index in [1.54, 1.807) is 23.8 Å². The van der Waals surface area contributed by atoms with Crippen molar-refractivity contribution in [1.29, 1.82) is 0 Å². The molecule has 8 nitrogen and oxygen atoms in total. The van der Waals surface area contributed by atoms with Gasteiger partial charge in [-0.2, -0.15) is 0 Å². The fourth-order valence-corrected chi connectivity index (χ4v) is 4.43. The first-order chi connectivity index (χ1) is 14.9. The second kappa shape index (κ2) is 8.29. The van der Waals surface area contributed by atoms with Crippen molar-refractivity contribution in [3.05, 3.63) is 58.0 Å². The first kappa shape index (κ1) is 20.7. The minimum absolute atomic E-state index is 0.0382. The van der Waals surface area contributed by atoms with Gasteiger partial charge < -0.3 is 20.1 Å². The predicted octanol–water partition coefficient (Wildman–Crippen LogP) is 3.71. The number of nitrogens with zero attached hydrogens (tertiary/aromatic N) is 1. The Balaban J connectivity index is 1.47. The van der Waals surface area contributed by atoms with Crippen LogP contribution in [0, 0.1) is 12.8 Å². The molecule has 1 fully saturated rings. The van der Waals surface area contributed by atoms with Crippen molar-refractivity contribution in [2.24, 2.45) is 5.92 Å². The van der Waals surface area contributed by atoms with Crippen molar-refractivity contribution in [2.75, 3.05) is 12.4 Å². The Morgan fingerprint density at radius 3 is 2.58 bits per heavy atom. The number of hydrogen-bond donors (Lipinski definition) is 3. The Kier molecular flexibility index (Phi) is 5.54. The zero-order valence-electron chi connectivity index (χ0n) is 17.5. The number of carbonyl (C=O) groups is 2. The van der Waals surface area contributed by atoms with E-state index in [0.717, 1.165) is 11.3 Å². The number of hydrogen-bond acceptors (Lipinski definition) is 4. The van der Waals surface area contributed by atoms with E-state index in [2.05, 4.69) is 10.3 Å². The molecule has 3 N–H and O–H groups in total. The van der Waals surface area contributed by atoms with Crippen LogP contribution < -0.4 is 15.7 Å². The van der Waals surface area contributed by atoms with Crippen LogP contribution in [0.5, 0.6) is 5.75 Å². The van der Waals surface area contributed by atoms with Crippen molar-refractivity contribution in [1.82, 2.24) is 9.55 Å². The highest BCUT2D eigenvalue weighted by atomic mass is 16.5. The quantitative estimate of drug-likeness (QED) is 0.579. The maximum Gasteiger partial charge on any atom is 0.337 e. The maximum absolute atomic E-state index is 12.8. The van der Waals surface area contributed by atoms with Gasteiger partial charge in [0.2, 0.25) is 5.91 Å². The Labute approximate surface area is 178 Å². The minimum Gasteiger partial charge on any atom is -0.496 e. The summed E-state index contributed by atoms with van der Waals surface area (Å²) in [5, 5.41) is 12.3. The van der Waals surface area contributed by atoms with Crippen LogP contribution in [0.4, 0.5) is 5.69 Å². The standard InChI is InChI=1S/C23H25N3O5/c1-13-6-9-15(12-19(13)31-2)24-21(27)14-7-10-16(11-8-14)26-18-5-3-4-17(22(28)29)20(18)25-23(26)30/h3-6,9,12,14,16H,7-8,10-11H2,1-2H3,(H,24,27)(H,25,30)(H,28,29). The van der Waals surface area contributed by atoms with E-state index in [0.29, 0.717) is 42.4 Å². The van der Waals surface area contributed by atoms with Crippen LogP contribution in [0.1, 0.15) is 47.6 Å². The highest BCUT2D eigenvalue weighted by Crippen LogP contribution is 2.34. The molecule has 0 bridgehead atoms. The number of rotatable bonds is 5. The molecular weight excluding hydrogens is 398 g/mol. The third-order valence-electron chi connectivity index (χ3n) is 6.09. The maximum atomic E-state index is 12.8. The summed E-state index contributed by atoms with van der Waals surface area (Å²) in [6.45, 7) is 1.94. The lowest BCUT2D eigenvalue weighted by molar-refractivity contribution is -0.121. The number of fused-ring (bicyclic) bond motifs is 1. The second-order valence-corrected chi connectivity index (χ2v) is 7.98. The van der Waals surface area contributed by atoms with Gasteiger partial charge in [-0.25, -0.2) is 9.59 Å². The summed E-state index contributed by atoms with van der Waals surface area (Å²) in [6.07, 6.45) is 2.63. The number of aromatic amines is 1. The summed E-state index contributed by atoms with van der Waals surface area (Å²) >= 11 is 0. The fourth-order valence-electron chi connectivity index (χ4n) is 4.43. The van der Waals surface area contributed by atoms with Gasteiger partial charge in [0.25, 0.3) is 0 Å². The van der Waals surface area contributed by atoms with Crippen molar-refractivity contribution in [3.63, 3.8) is 0 Å². The topological polar surface area (TPSA) is 113 Å². The van der Waals surface area contributed by atoms with Gasteiger partial charge in [0.15, 0.2) is 0 Å². The number of benzene rings is 2. The van der Waals surface area contributed by atoms with Gasteiger partial charge in [0, 0.05) is 23.7 Å². The summed E-state index contributed by atoms with van der Waals surface area (Å²) in [7, 11) is 1.60. The number of nitrogens with one attached hydrogen (secondary N) is 2. The van der Waals surface area contributed by atoms with Crippen LogP contribution in [-0.4, -0.2) is 33.6 Å². The SMILES string of the molecule is COc1cc(NC(=O)C2CCC(n3c(=O)[nH]c4c(C(=O)O)cccc43)CC2)ccc1C. The van der Waals surface area contributed by atoms with E-state index < -0.39 is 5.97 Å². The lowest BCUT2D eigenvalue weighted by Crippen LogP contribution is -2.31. The average Bonchev–Trinajstić information content (AvgIpc) is 3.10. The van der Waals surface area contributed by atoms with E-state index >= 15 is 0 Å². The number of anilines is 1. The number of amides is 1. The Hall–Kier alpha value is -3.55. The molecule has 1 saturated carbocycles. The third-order valence-corrected chi connectivity index (χ3v) is 6.09. The van der Waals surface area contributed by atoms with E-state index in [-0.39, 0.29) is 29.1 Å². The number of H-pyrrole nitrogens is 1. The molecule has 4 rings (SSSR count). The fraction of sp³-hybridized carbons (Fsp3) is 0.348. The van der Waals surface area contributed by atoms with E-state index in [9.17, 15) is 19.5 Å². The minimum atomic E-state index is -1.08. The molecule has 3 aromatic rings. The molecule has 0 aliphatic heterocycles. The number of carboxylic acids is 1. The highest BCUT2D eigenvalue weighted by molar-refractivity contribution is 6.01. The molecule has 1 heterocycles. The van der Waals surface area contributed by atoms with Gasteiger partial charge >= 0.3 is 11.7 Å². The molecule has 0 atom stereocenters. The van der Waals surface area contributed by atoms with Crippen molar-refractivity contribution < 1.29 is 19.4 Å². The monoisotopic (exact) mass is 423 g/mol. The van der Waals surface area contributed by atoms with Crippen LogP contribution in [0.25, 0.3) is 11.0 Å². The molecule has 1 aliphatic carbocycles. The summed E-state index contributed by atoms with van der Waals surface area (Å²) in [5.74, 6) is -0.532. The number of ether oxygens (including phenoxy) is 1. The number of methoxy groups -OCH3 is 1. The van der Waals surface area contributed by atoms with Crippen molar-refractivity contribution >= 4 is 28.6 Å². The molecule has 8 heteroatoms. The van der Waals surface area contributed by atoms with Gasteiger partial charge in [-0.3, -0.25) is 9.36 Å². The van der Waals surface area contributed by atoms with Crippen LogP contribution in [0.2, 0.25) is 0 Å². The molecule has 2 aromatic carbocycles. The zero-order chi connectivity index (χ0) is 22.1. The second-order valence-electron chi connectivity index (χ2n) is 7.98. The number of para-hydroxylation sites is 1. The average molecular weight is 423 g/mol. The third kappa shape index (κ3) is 3.93. The molecule has 162 valence electrons. The number of imidazole rings is 1. The van der Waals surface area contributed by atoms with Crippen LogP contribution in [0.3, 0.4) is 0 Å². The molecule has 31 heavy (non-hydrogen) atoms. The smallest absolute Gasteiger partial charge is 0.337 e. The molecule has 0 unspecified atom stereocenters. The van der Waals surface area contributed by atoms with Crippen LogP contribution >= 0.6 is 0 Å². The van der Waals surface area contributed by atoms with Gasteiger partial charge in [-0.15, -0.1) is 0 Å². The van der Waals surface area contributed by atoms with E-state index in [4.69, 9.17) is 4.74 Å².